The Morgan fingerprint density at radius 2 is 1.64 bits per heavy atom. The molecule has 4 atom stereocenters. The van der Waals surface area contributed by atoms with Gasteiger partial charge >= 0.3 is 0 Å². The lowest BCUT2D eigenvalue weighted by Crippen LogP contribution is -2.60. The number of ketones is 1. The average Bonchev–Trinajstić information content (AvgIpc) is 3.69. The van der Waals surface area contributed by atoms with Gasteiger partial charge in [0, 0.05) is 25.0 Å². The molecule has 1 aliphatic carbocycles. The van der Waals surface area contributed by atoms with E-state index in [4.69, 9.17) is 0 Å². The number of hydrogen-bond acceptors (Lipinski definition) is 8. The summed E-state index contributed by atoms with van der Waals surface area (Å²) < 4.78 is 0. The fourth-order valence-corrected chi connectivity index (χ4v) is 5.50. The van der Waals surface area contributed by atoms with Crippen LogP contribution in [0.4, 0.5) is 0 Å². The van der Waals surface area contributed by atoms with Crippen LogP contribution in [-0.4, -0.2) is 86.9 Å². The van der Waals surface area contributed by atoms with E-state index in [9.17, 15) is 28.8 Å². The SMILES string of the molecule is CCC[C@H](NC(=O)[C@@H]1CCCN1C(=O)[C@@H](NC(=O)[C@@H](NC(=O)c1cnccn1)C(CC)CC)C(C)C)C(=O)C(=O)NC1CC1. The van der Waals surface area contributed by atoms with Gasteiger partial charge in [-0.15, -0.1) is 0 Å². The second-order valence-corrected chi connectivity index (χ2v) is 12.0. The Labute approximate surface area is 259 Å². The van der Waals surface area contributed by atoms with Gasteiger partial charge in [-0.2, -0.15) is 0 Å². The van der Waals surface area contributed by atoms with Crippen molar-refractivity contribution >= 4 is 35.3 Å². The van der Waals surface area contributed by atoms with Gasteiger partial charge < -0.3 is 26.2 Å². The number of nitrogens with zero attached hydrogens (tertiary/aromatic N) is 3. The third kappa shape index (κ3) is 9.06. The van der Waals surface area contributed by atoms with Crippen molar-refractivity contribution in [1.82, 2.24) is 36.1 Å². The van der Waals surface area contributed by atoms with Crippen molar-refractivity contribution in [1.29, 1.82) is 0 Å². The number of carbonyl (C=O) groups excluding carboxylic acids is 6. The van der Waals surface area contributed by atoms with Crippen LogP contribution in [0.25, 0.3) is 0 Å². The molecule has 0 aromatic carbocycles. The fraction of sp³-hybridized carbons (Fsp3) is 0.677. The first-order chi connectivity index (χ1) is 21.0. The maximum Gasteiger partial charge on any atom is 0.289 e. The molecule has 1 saturated carbocycles. The van der Waals surface area contributed by atoms with Crippen LogP contribution in [0.5, 0.6) is 0 Å². The Morgan fingerprint density at radius 1 is 0.932 bits per heavy atom. The van der Waals surface area contributed by atoms with Gasteiger partial charge in [-0.25, -0.2) is 4.98 Å². The molecular weight excluding hydrogens is 566 g/mol. The van der Waals surface area contributed by atoms with Crippen molar-refractivity contribution in [3.63, 3.8) is 0 Å². The highest BCUT2D eigenvalue weighted by atomic mass is 16.2. The number of likely N-dealkylation sites (tertiary alicyclic amines) is 1. The van der Waals surface area contributed by atoms with Crippen LogP contribution in [0.2, 0.25) is 0 Å². The van der Waals surface area contributed by atoms with Crippen LogP contribution >= 0.6 is 0 Å². The van der Waals surface area contributed by atoms with E-state index in [0.29, 0.717) is 45.1 Å². The Balaban J connectivity index is 1.73. The van der Waals surface area contributed by atoms with Crippen molar-refractivity contribution in [2.75, 3.05) is 6.54 Å². The van der Waals surface area contributed by atoms with Gasteiger partial charge in [-0.3, -0.25) is 33.8 Å². The van der Waals surface area contributed by atoms with E-state index in [0.717, 1.165) is 12.8 Å². The Kier molecular flexibility index (Phi) is 12.8. The number of rotatable bonds is 16. The van der Waals surface area contributed by atoms with E-state index in [2.05, 4.69) is 31.2 Å². The van der Waals surface area contributed by atoms with Crippen LogP contribution in [-0.2, 0) is 24.0 Å². The fourth-order valence-electron chi connectivity index (χ4n) is 5.50. The summed E-state index contributed by atoms with van der Waals surface area (Å²) in [5.74, 6) is -3.88. The number of hydrogen-bond donors (Lipinski definition) is 4. The second-order valence-electron chi connectivity index (χ2n) is 12.0. The molecule has 1 aromatic heterocycles. The lowest BCUT2D eigenvalue weighted by molar-refractivity contribution is -0.144. The number of aromatic nitrogens is 2. The number of nitrogens with one attached hydrogen (secondary N) is 4. The highest BCUT2D eigenvalue weighted by Gasteiger charge is 2.41. The van der Waals surface area contributed by atoms with E-state index in [1.807, 2.05) is 20.8 Å². The van der Waals surface area contributed by atoms with Gasteiger partial charge in [0.15, 0.2) is 0 Å². The Bertz CT molecular complexity index is 1190. The highest BCUT2D eigenvalue weighted by molar-refractivity contribution is 6.38. The second kappa shape index (κ2) is 16.2. The highest BCUT2D eigenvalue weighted by Crippen LogP contribution is 2.22. The number of carbonyl (C=O) groups is 6. The van der Waals surface area contributed by atoms with Crippen LogP contribution in [0.3, 0.4) is 0 Å². The monoisotopic (exact) mass is 613 g/mol. The van der Waals surface area contributed by atoms with Crippen LogP contribution in [0.1, 0.15) is 96.5 Å². The predicted molar refractivity (Wildman–Crippen MR) is 162 cm³/mol. The number of amides is 5. The summed E-state index contributed by atoms with van der Waals surface area (Å²) in [5.41, 5.74) is 0.0727. The Hall–Kier alpha value is -3.90. The van der Waals surface area contributed by atoms with Crippen LogP contribution in [0, 0.1) is 11.8 Å². The van der Waals surface area contributed by atoms with Crippen molar-refractivity contribution in [2.45, 2.75) is 116 Å². The maximum absolute atomic E-state index is 13.9. The molecule has 2 aliphatic rings. The van der Waals surface area contributed by atoms with Crippen molar-refractivity contribution < 1.29 is 28.8 Å². The summed E-state index contributed by atoms with van der Waals surface area (Å²) in [6.07, 6.45) is 8.88. The summed E-state index contributed by atoms with van der Waals surface area (Å²) in [6.45, 7) is 9.61. The minimum Gasteiger partial charge on any atom is -0.347 e. The molecule has 0 unspecified atom stereocenters. The third-order valence-corrected chi connectivity index (χ3v) is 8.30. The van der Waals surface area contributed by atoms with Gasteiger partial charge in [-0.05, 0) is 43.9 Å². The van der Waals surface area contributed by atoms with Gasteiger partial charge in [0.2, 0.25) is 23.5 Å². The van der Waals surface area contributed by atoms with E-state index < -0.39 is 59.5 Å². The molecule has 2 fully saturated rings. The third-order valence-electron chi connectivity index (χ3n) is 8.30. The van der Waals surface area contributed by atoms with Gasteiger partial charge in [0.1, 0.15) is 23.8 Å². The van der Waals surface area contributed by atoms with Gasteiger partial charge in [0.25, 0.3) is 11.8 Å². The molecule has 4 N–H and O–H groups in total. The lowest BCUT2D eigenvalue weighted by Gasteiger charge is -2.33. The van der Waals surface area contributed by atoms with Crippen molar-refractivity contribution in [3.05, 3.63) is 24.3 Å². The minimum atomic E-state index is -0.983. The van der Waals surface area contributed by atoms with E-state index >= 15 is 0 Å². The van der Waals surface area contributed by atoms with Crippen molar-refractivity contribution in [2.24, 2.45) is 11.8 Å². The molecule has 5 amide bonds. The molecule has 1 aliphatic heterocycles. The summed E-state index contributed by atoms with van der Waals surface area (Å²) in [4.78, 5) is 88.5. The quantitative estimate of drug-likeness (QED) is 0.201. The lowest BCUT2D eigenvalue weighted by atomic mass is 9.92. The van der Waals surface area contributed by atoms with E-state index in [-0.39, 0.29) is 23.6 Å². The van der Waals surface area contributed by atoms with Gasteiger partial charge in [-0.1, -0.05) is 53.9 Å². The average molecular weight is 614 g/mol. The Morgan fingerprint density at radius 3 is 2.20 bits per heavy atom. The summed E-state index contributed by atoms with van der Waals surface area (Å²) in [6, 6.07) is -3.69. The largest absolute Gasteiger partial charge is 0.347 e. The molecule has 0 spiro atoms. The normalized spacial score (nSPS) is 18.3. The first kappa shape index (κ1) is 34.6. The number of Topliss-reactive ketones (excluding diaryl/α,β-unsaturated/α-hetero) is 1. The maximum atomic E-state index is 13.9. The van der Waals surface area contributed by atoms with E-state index in [1.165, 1.54) is 23.5 Å². The smallest absolute Gasteiger partial charge is 0.289 e. The molecule has 242 valence electrons. The summed E-state index contributed by atoms with van der Waals surface area (Å²) >= 11 is 0. The molecular formula is C31H47N7O6. The predicted octanol–water partition coefficient (Wildman–Crippen LogP) is 1.28. The molecule has 0 radical (unpaired) electrons. The molecule has 1 saturated heterocycles. The van der Waals surface area contributed by atoms with Crippen molar-refractivity contribution in [3.8, 4) is 0 Å². The molecule has 1 aromatic rings. The molecule has 3 rings (SSSR count). The minimum absolute atomic E-state index is 0.0143. The molecule has 44 heavy (non-hydrogen) atoms. The molecule has 13 nitrogen and oxygen atoms in total. The van der Waals surface area contributed by atoms with E-state index in [1.54, 1.807) is 13.8 Å². The zero-order valence-corrected chi connectivity index (χ0v) is 26.4. The topological polar surface area (TPSA) is 180 Å². The molecule has 13 heteroatoms. The molecule has 0 bridgehead atoms. The summed E-state index contributed by atoms with van der Waals surface area (Å²) in [5, 5.41) is 11.0. The summed E-state index contributed by atoms with van der Waals surface area (Å²) in [7, 11) is 0. The van der Waals surface area contributed by atoms with Crippen LogP contribution < -0.4 is 21.3 Å². The zero-order chi connectivity index (χ0) is 32.4. The standard InChI is InChI=1S/C31H47N7O6/c1-6-10-21(26(39)30(43)34-20-12-13-20)35-28(41)23-11-9-16-38(23)31(44)24(18(4)5)36-29(42)25(19(7-2)8-3)37-27(40)22-17-32-14-15-33-22/h14-15,17-21,23-25H,6-13,16H2,1-5H3,(H,34,43)(H,35,41)(H,36,42)(H,37,40)/t21-,23-,24-,25-/m0/s1. The zero-order valence-electron chi connectivity index (χ0n) is 26.4. The molecule has 2 heterocycles. The van der Waals surface area contributed by atoms with Gasteiger partial charge in [0.05, 0.1) is 12.2 Å². The van der Waals surface area contributed by atoms with Crippen LogP contribution in [0.15, 0.2) is 18.6 Å². The first-order valence-corrected chi connectivity index (χ1v) is 15.8. The first-order valence-electron chi connectivity index (χ1n) is 15.8.